The Bertz CT molecular complexity index is 729. The molecule has 7 nitrogen and oxygen atoms in total. The van der Waals surface area contributed by atoms with Gasteiger partial charge in [-0.05, 0) is 6.07 Å². The lowest BCUT2D eigenvalue weighted by atomic mass is 10.1. The Labute approximate surface area is 143 Å². The highest BCUT2D eigenvalue weighted by atomic mass is 32.1. The molecular weight excluding hydrogens is 332 g/mol. The van der Waals surface area contributed by atoms with Crippen LogP contribution in [0.5, 0.6) is 11.5 Å². The number of carbonyl (C=O) groups excluding carboxylic acids is 2. The molecule has 0 fully saturated rings. The number of benzene rings is 1. The van der Waals surface area contributed by atoms with Gasteiger partial charge in [-0.15, -0.1) is 11.3 Å². The van der Waals surface area contributed by atoms with Crippen molar-refractivity contribution in [2.75, 3.05) is 19.5 Å². The van der Waals surface area contributed by atoms with Crippen LogP contribution in [0.4, 0.5) is 5.13 Å². The fraction of sp³-hybridized carbons (Fsp3) is 0.312. The highest BCUT2D eigenvalue weighted by molar-refractivity contribution is 7.13. The number of nitrogens with zero attached hydrogens (tertiary/aromatic N) is 1. The molecule has 128 valence electrons. The maximum Gasteiger partial charge on any atom is 0.310 e. The number of methoxy groups -OCH3 is 2. The summed E-state index contributed by atoms with van der Waals surface area (Å²) >= 11 is 1.28. The van der Waals surface area contributed by atoms with Gasteiger partial charge >= 0.3 is 5.97 Å². The minimum Gasteiger partial charge on any atom is -0.497 e. The van der Waals surface area contributed by atoms with Gasteiger partial charge in [0.1, 0.15) is 18.1 Å². The number of aromatic nitrogens is 1. The van der Waals surface area contributed by atoms with Crippen LogP contribution in [0, 0.1) is 0 Å². The van der Waals surface area contributed by atoms with Crippen LogP contribution in [0.1, 0.15) is 18.2 Å². The number of hydrogen-bond acceptors (Lipinski definition) is 7. The predicted octanol–water partition coefficient (Wildman–Crippen LogP) is 2.40. The molecule has 1 aromatic heterocycles. The first kappa shape index (κ1) is 17.7. The SMILES string of the molecule is COc1ccc(CC(=O)OCc2csc(NC(C)=O)n2)c(OC)c1. The average Bonchev–Trinajstić information content (AvgIpc) is 3.00. The second kappa shape index (κ2) is 8.30. The van der Waals surface area contributed by atoms with Crippen molar-refractivity contribution < 1.29 is 23.8 Å². The lowest BCUT2D eigenvalue weighted by molar-refractivity contribution is -0.144. The molecule has 24 heavy (non-hydrogen) atoms. The third-order valence-corrected chi connectivity index (χ3v) is 3.85. The summed E-state index contributed by atoms with van der Waals surface area (Å²) < 4.78 is 15.6. The molecule has 0 aliphatic rings. The van der Waals surface area contributed by atoms with Gasteiger partial charge in [0.25, 0.3) is 0 Å². The van der Waals surface area contributed by atoms with Crippen molar-refractivity contribution in [3.05, 3.63) is 34.8 Å². The van der Waals surface area contributed by atoms with E-state index in [4.69, 9.17) is 14.2 Å². The van der Waals surface area contributed by atoms with Crippen molar-refractivity contribution in [2.45, 2.75) is 20.0 Å². The minimum absolute atomic E-state index is 0.0490. The first-order chi connectivity index (χ1) is 11.5. The summed E-state index contributed by atoms with van der Waals surface area (Å²) in [4.78, 5) is 27.1. The van der Waals surface area contributed by atoms with Crippen LogP contribution in [0.15, 0.2) is 23.6 Å². The molecule has 1 N–H and O–H groups in total. The van der Waals surface area contributed by atoms with Gasteiger partial charge < -0.3 is 19.5 Å². The van der Waals surface area contributed by atoms with E-state index in [2.05, 4.69) is 10.3 Å². The Morgan fingerprint density at radius 2 is 2.04 bits per heavy atom. The molecule has 1 aromatic carbocycles. The van der Waals surface area contributed by atoms with E-state index in [9.17, 15) is 9.59 Å². The maximum atomic E-state index is 12.0. The number of carbonyl (C=O) groups is 2. The number of amides is 1. The van der Waals surface area contributed by atoms with Gasteiger partial charge in [0.05, 0.1) is 26.3 Å². The van der Waals surface area contributed by atoms with E-state index in [1.807, 2.05) is 0 Å². The summed E-state index contributed by atoms with van der Waals surface area (Å²) in [5.41, 5.74) is 1.29. The summed E-state index contributed by atoms with van der Waals surface area (Å²) in [6.07, 6.45) is 0.0792. The summed E-state index contributed by atoms with van der Waals surface area (Å²) in [6, 6.07) is 5.23. The van der Waals surface area contributed by atoms with Crippen molar-refractivity contribution >= 4 is 28.3 Å². The van der Waals surface area contributed by atoms with E-state index >= 15 is 0 Å². The highest BCUT2D eigenvalue weighted by Gasteiger charge is 2.12. The number of thiazole rings is 1. The second-order valence-electron chi connectivity index (χ2n) is 4.84. The van der Waals surface area contributed by atoms with Gasteiger partial charge in [0.2, 0.25) is 5.91 Å². The van der Waals surface area contributed by atoms with Gasteiger partial charge in [0.15, 0.2) is 5.13 Å². The quantitative estimate of drug-likeness (QED) is 0.772. The van der Waals surface area contributed by atoms with Crippen LogP contribution in [0.25, 0.3) is 0 Å². The van der Waals surface area contributed by atoms with Gasteiger partial charge in [-0.25, -0.2) is 4.98 Å². The first-order valence-corrected chi connectivity index (χ1v) is 7.98. The molecule has 1 amide bonds. The fourth-order valence-electron chi connectivity index (χ4n) is 1.94. The van der Waals surface area contributed by atoms with Crippen molar-refractivity contribution in [1.29, 1.82) is 0 Å². The topological polar surface area (TPSA) is 86.8 Å². The highest BCUT2D eigenvalue weighted by Crippen LogP contribution is 2.25. The lowest BCUT2D eigenvalue weighted by Crippen LogP contribution is -2.09. The third-order valence-electron chi connectivity index (χ3n) is 3.04. The molecule has 0 unspecified atom stereocenters. The Kier molecular flexibility index (Phi) is 6.14. The van der Waals surface area contributed by atoms with Crippen LogP contribution in [0.2, 0.25) is 0 Å². The normalized spacial score (nSPS) is 10.1. The number of anilines is 1. The zero-order valence-electron chi connectivity index (χ0n) is 13.6. The van der Waals surface area contributed by atoms with Crippen LogP contribution in [0.3, 0.4) is 0 Å². The van der Waals surface area contributed by atoms with E-state index < -0.39 is 5.97 Å². The molecule has 2 rings (SSSR count). The molecule has 0 saturated heterocycles. The molecule has 8 heteroatoms. The number of rotatable bonds is 7. The van der Waals surface area contributed by atoms with E-state index in [-0.39, 0.29) is 18.9 Å². The number of nitrogens with one attached hydrogen (secondary N) is 1. The van der Waals surface area contributed by atoms with Gasteiger partial charge in [0, 0.05) is 23.9 Å². The molecule has 0 atom stereocenters. The van der Waals surface area contributed by atoms with Crippen molar-refractivity contribution in [3.63, 3.8) is 0 Å². The van der Waals surface area contributed by atoms with Crippen LogP contribution < -0.4 is 14.8 Å². The monoisotopic (exact) mass is 350 g/mol. The summed E-state index contributed by atoms with van der Waals surface area (Å²) in [6.45, 7) is 1.46. The molecule has 0 aliphatic carbocycles. The second-order valence-corrected chi connectivity index (χ2v) is 5.70. The molecule has 0 saturated carbocycles. The van der Waals surface area contributed by atoms with E-state index in [1.165, 1.54) is 25.4 Å². The molecule has 0 aliphatic heterocycles. The standard InChI is InChI=1S/C16H18N2O5S/c1-10(19)17-16-18-12(9-24-16)8-23-15(20)6-11-4-5-13(21-2)7-14(11)22-3/h4-5,7,9H,6,8H2,1-3H3,(H,17,18,19). The Balaban J connectivity index is 1.91. The molecule has 0 bridgehead atoms. The molecular formula is C16H18N2O5S. The predicted molar refractivity (Wildman–Crippen MR) is 89.5 cm³/mol. The number of hydrogen-bond donors (Lipinski definition) is 1. The van der Waals surface area contributed by atoms with Gasteiger partial charge in [-0.2, -0.15) is 0 Å². The Hall–Kier alpha value is -2.61. The zero-order valence-corrected chi connectivity index (χ0v) is 14.4. The molecule has 0 spiro atoms. The largest absolute Gasteiger partial charge is 0.497 e. The number of ether oxygens (including phenoxy) is 3. The van der Waals surface area contributed by atoms with Crippen LogP contribution >= 0.6 is 11.3 Å². The zero-order chi connectivity index (χ0) is 17.5. The van der Waals surface area contributed by atoms with Gasteiger partial charge in [-0.1, -0.05) is 6.07 Å². The molecule has 0 radical (unpaired) electrons. The van der Waals surface area contributed by atoms with Crippen LogP contribution in [-0.4, -0.2) is 31.1 Å². The Morgan fingerprint density at radius 3 is 2.71 bits per heavy atom. The number of esters is 1. The summed E-state index contributed by atoms with van der Waals surface area (Å²) in [5, 5.41) is 4.78. The van der Waals surface area contributed by atoms with Crippen molar-refractivity contribution in [2.24, 2.45) is 0 Å². The smallest absolute Gasteiger partial charge is 0.310 e. The van der Waals surface area contributed by atoms with Crippen molar-refractivity contribution in [1.82, 2.24) is 4.98 Å². The van der Waals surface area contributed by atoms with Crippen molar-refractivity contribution in [3.8, 4) is 11.5 Å². The fourth-order valence-corrected chi connectivity index (χ4v) is 2.68. The molecule has 2 aromatic rings. The first-order valence-electron chi connectivity index (χ1n) is 7.10. The molecule has 1 heterocycles. The Morgan fingerprint density at radius 1 is 1.25 bits per heavy atom. The van der Waals surface area contributed by atoms with E-state index in [0.717, 1.165) is 0 Å². The minimum atomic E-state index is -0.396. The third kappa shape index (κ3) is 4.95. The van der Waals surface area contributed by atoms with Gasteiger partial charge in [-0.3, -0.25) is 9.59 Å². The van der Waals surface area contributed by atoms with E-state index in [1.54, 1.807) is 30.7 Å². The van der Waals surface area contributed by atoms with E-state index in [0.29, 0.717) is 27.9 Å². The summed E-state index contributed by atoms with van der Waals surface area (Å²) in [5.74, 6) is 0.622. The average molecular weight is 350 g/mol. The lowest BCUT2D eigenvalue weighted by Gasteiger charge is -2.10. The maximum absolute atomic E-state index is 12.0. The van der Waals surface area contributed by atoms with Crippen LogP contribution in [-0.2, 0) is 27.4 Å². The summed E-state index contributed by atoms with van der Waals surface area (Å²) in [7, 11) is 3.09.